The highest BCUT2D eigenvalue weighted by atomic mass is 16.2. The van der Waals surface area contributed by atoms with Crippen LogP contribution in [0.15, 0.2) is 12.7 Å². The van der Waals surface area contributed by atoms with Crippen LogP contribution in [0.1, 0.15) is 0 Å². The molecule has 1 atom stereocenters. The van der Waals surface area contributed by atoms with Crippen molar-refractivity contribution in [2.24, 2.45) is 0 Å². The van der Waals surface area contributed by atoms with Gasteiger partial charge in [0.05, 0.1) is 6.04 Å². The van der Waals surface area contributed by atoms with Crippen molar-refractivity contribution in [2.45, 2.75) is 6.04 Å². The summed E-state index contributed by atoms with van der Waals surface area (Å²) in [5.41, 5.74) is 0. The summed E-state index contributed by atoms with van der Waals surface area (Å²) >= 11 is 0. The van der Waals surface area contributed by atoms with Crippen LogP contribution in [0.25, 0.3) is 0 Å². The molecule has 0 saturated carbocycles. The van der Waals surface area contributed by atoms with Gasteiger partial charge in [0.15, 0.2) is 0 Å². The lowest BCUT2D eigenvalue weighted by atomic mass is 10.2. The lowest BCUT2D eigenvalue weighted by Gasteiger charge is -2.35. The van der Waals surface area contributed by atoms with Crippen LogP contribution in [-0.4, -0.2) is 54.0 Å². The number of hydrogen-bond acceptors (Lipinski definition) is 2. The Morgan fingerprint density at radius 3 is 3.07 bits per heavy atom. The molecule has 0 aromatic rings. The van der Waals surface area contributed by atoms with Gasteiger partial charge in [0.25, 0.3) is 0 Å². The molecule has 3 amide bonds. The van der Waals surface area contributed by atoms with Crippen molar-refractivity contribution >= 4 is 11.9 Å². The van der Waals surface area contributed by atoms with Crippen molar-refractivity contribution < 1.29 is 9.59 Å². The maximum absolute atomic E-state index is 11.3. The largest absolute Gasteiger partial charge is 0.336 e. The Morgan fingerprint density at radius 1 is 1.57 bits per heavy atom. The molecule has 0 bridgehead atoms. The molecule has 1 unspecified atom stereocenters. The maximum atomic E-state index is 11.3. The topological polar surface area (TPSA) is 52.7 Å². The zero-order valence-electron chi connectivity index (χ0n) is 7.90. The standard InChI is InChI=1S/C9H13N3O2/c1-2-8(13)11-3-4-12-7(6-11)5-10-9(12)14/h2,7H,1,3-6H2,(H,10,14). The zero-order valence-corrected chi connectivity index (χ0v) is 7.90. The van der Waals surface area contributed by atoms with Gasteiger partial charge in [-0.05, 0) is 6.08 Å². The third-order valence-corrected chi connectivity index (χ3v) is 2.72. The van der Waals surface area contributed by atoms with Crippen LogP contribution in [0.5, 0.6) is 0 Å². The first-order valence-corrected chi connectivity index (χ1v) is 4.68. The smallest absolute Gasteiger partial charge is 0.317 e. The Kier molecular flexibility index (Phi) is 2.15. The minimum Gasteiger partial charge on any atom is -0.336 e. The van der Waals surface area contributed by atoms with Gasteiger partial charge in [-0.1, -0.05) is 6.58 Å². The number of rotatable bonds is 1. The van der Waals surface area contributed by atoms with Gasteiger partial charge >= 0.3 is 6.03 Å². The SMILES string of the molecule is C=CC(=O)N1CCN2C(=O)NCC2C1. The fourth-order valence-corrected chi connectivity index (χ4v) is 1.93. The second kappa shape index (κ2) is 3.32. The summed E-state index contributed by atoms with van der Waals surface area (Å²) < 4.78 is 0. The Morgan fingerprint density at radius 2 is 2.36 bits per heavy atom. The quantitative estimate of drug-likeness (QED) is 0.568. The highest BCUT2D eigenvalue weighted by molar-refractivity contribution is 5.87. The first kappa shape index (κ1) is 9.05. The summed E-state index contributed by atoms with van der Waals surface area (Å²) in [5.74, 6) is -0.0519. The number of fused-ring (bicyclic) bond motifs is 1. The minimum absolute atomic E-state index is 0.0132. The Hall–Kier alpha value is -1.52. The van der Waals surface area contributed by atoms with E-state index in [4.69, 9.17) is 0 Å². The molecule has 0 aliphatic carbocycles. The van der Waals surface area contributed by atoms with E-state index in [2.05, 4.69) is 11.9 Å². The van der Waals surface area contributed by atoms with E-state index in [-0.39, 0.29) is 18.0 Å². The molecule has 14 heavy (non-hydrogen) atoms. The summed E-state index contributed by atoms with van der Waals surface area (Å²) in [4.78, 5) is 26.1. The fourth-order valence-electron chi connectivity index (χ4n) is 1.93. The highest BCUT2D eigenvalue weighted by Gasteiger charge is 2.36. The average molecular weight is 195 g/mol. The van der Waals surface area contributed by atoms with Crippen molar-refractivity contribution in [3.63, 3.8) is 0 Å². The Balaban J connectivity index is 2.02. The molecule has 5 heteroatoms. The average Bonchev–Trinajstić information content (AvgIpc) is 2.59. The molecule has 1 N–H and O–H groups in total. The van der Waals surface area contributed by atoms with Gasteiger partial charge in [0, 0.05) is 26.2 Å². The molecule has 2 rings (SSSR count). The summed E-state index contributed by atoms with van der Waals surface area (Å²) in [6, 6.07) is 0.126. The minimum atomic E-state index is -0.0519. The fraction of sp³-hybridized carbons (Fsp3) is 0.556. The molecule has 2 aliphatic rings. The van der Waals surface area contributed by atoms with E-state index >= 15 is 0 Å². The number of hydrogen-bond donors (Lipinski definition) is 1. The van der Waals surface area contributed by atoms with Crippen molar-refractivity contribution in [3.05, 3.63) is 12.7 Å². The van der Waals surface area contributed by atoms with Gasteiger partial charge < -0.3 is 15.1 Å². The van der Waals surface area contributed by atoms with Gasteiger partial charge in [-0.25, -0.2) is 4.79 Å². The number of urea groups is 1. The van der Waals surface area contributed by atoms with Crippen molar-refractivity contribution in [3.8, 4) is 0 Å². The Bertz CT molecular complexity index is 290. The van der Waals surface area contributed by atoms with Crippen LogP contribution >= 0.6 is 0 Å². The molecule has 2 aliphatic heterocycles. The first-order chi connectivity index (χ1) is 6.72. The van der Waals surface area contributed by atoms with Crippen LogP contribution in [0.3, 0.4) is 0 Å². The van der Waals surface area contributed by atoms with E-state index in [1.54, 1.807) is 9.80 Å². The van der Waals surface area contributed by atoms with Gasteiger partial charge in [-0.15, -0.1) is 0 Å². The number of amides is 3. The molecule has 0 spiro atoms. The molecular formula is C9H13N3O2. The molecule has 0 radical (unpaired) electrons. The number of nitrogens with zero attached hydrogens (tertiary/aromatic N) is 2. The van der Waals surface area contributed by atoms with E-state index in [9.17, 15) is 9.59 Å². The molecule has 2 heterocycles. The van der Waals surface area contributed by atoms with Crippen LogP contribution in [0, 0.1) is 0 Å². The van der Waals surface area contributed by atoms with E-state index < -0.39 is 0 Å². The summed E-state index contributed by atoms with van der Waals surface area (Å²) in [5, 5.41) is 2.76. The van der Waals surface area contributed by atoms with Crippen molar-refractivity contribution in [2.75, 3.05) is 26.2 Å². The summed E-state index contributed by atoms with van der Waals surface area (Å²) in [7, 11) is 0. The van der Waals surface area contributed by atoms with Crippen LogP contribution in [0.2, 0.25) is 0 Å². The third kappa shape index (κ3) is 1.34. The zero-order chi connectivity index (χ0) is 10.1. The second-order valence-corrected chi connectivity index (χ2v) is 3.52. The molecule has 0 aromatic heterocycles. The Labute approximate surface area is 82.4 Å². The molecule has 5 nitrogen and oxygen atoms in total. The summed E-state index contributed by atoms with van der Waals surface area (Å²) in [6.07, 6.45) is 1.32. The predicted octanol–water partition coefficient (Wildman–Crippen LogP) is -0.592. The second-order valence-electron chi connectivity index (χ2n) is 3.52. The number of nitrogens with one attached hydrogen (secondary N) is 1. The van der Waals surface area contributed by atoms with Gasteiger partial charge in [-0.3, -0.25) is 4.79 Å². The van der Waals surface area contributed by atoms with Crippen molar-refractivity contribution in [1.29, 1.82) is 0 Å². The maximum Gasteiger partial charge on any atom is 0.317 e. The monoisotopic (exact) mass is 195 g/mol. The molecule has 76 valence electrons. The third-order valence-electron chi connectivity index (χ3n) is 2.72. The molecular weight excluding hydrogens is 182 g/mol. The summed E-state index contributed by atoms with van der Waals surface area (Å²) in [6.45, 7) is 5.93. The van der Waals surface area contributed by atoms with Crippen LogP contribution in [0.4, 0.5) is 4.79 Å². The lowest BCUT2D eigenvalue weighted by Crippen LogP contribution is -2.53. The lowest BCUT2D eigenvalue weighted by molar-refractivity contribution is -0.128. The molecule has 2 fully saturated rings. The van der Waals surface area contributed by atoms with Crippen LogP contribution < -0.4 is 5.32 Å². The van der Waals surface area contributed by atoms with E-state index in [1.807, 2.05) is 0 Å². The van der Waals surface area contributed by atoms with Gasteiger partial charge in [0.2, 0.25) is 5.91 Å². The molecule has 2 saturated heterocycles. The van der Waals surface area contributed by atoms with E-state index in [0.717, 1.165) is 0 Å². The number of carbonyl (C=O) groups is 2. The number of piperazine rings is 1. The van der Waals surface area contributed by atoms with Gasteiger partial charge in [-0.2, -0.15) is 0 Å². The highest BCUT2D eigenvalue weighted by Crippen LogP contribution is 2.14. The van der Waals surface area contributed by atoms with Gasteiger partial charge in [0.1, 0.15) is 0 Å². The predicted molar refractivity (Wildman–Crippen MR) is 50.7 cm³/mol. The van der Waals surface area contributed by atoms with E-state index in [0.29, 0.717) is 26.2 Å². The van der Waals surface area contributed by atoms with Crippen LogP contribution in [-0.2, 0) is 4.79 Å². The van der Waals surface area contributed by atoms with Crippen molar-refractivity contribution in [1.82, 2.24) is 15.1 Å². The number of carbonyl (C=O) groups excluding carboxylic acids is 2. The normalized spacial score (nSPS) is 25.7. The first-order valence-electron chi connectivity index (χ1n) is 4.68. The molecule has 0 aromatic carbocycles. The van der Waals surface area contributed by atoms with E-state index in [1.165, 1.54) is 6.08 Å².